The molecule has 1 aromatic carbocycles. The molecule has 0 aliphatic carbocycles. The van der Waals surface area contributed by atoms with Gasteiger partial charge in [-0.2, -0.15) is 0 Å². The first-order valence-electron chi connectivity index (χ1n) is 11.0. The molecule has 5 rings (SSSR count). The van der Waals surface area contributed by atoms with Gasteiger partial charge < -0.3 is 16.0 Å². The van der Waals surface area contributed by atoms with Gasteiger partial charge in [-0.25, -0.2) is 19.3 Å². The second-order valence-corrected chi connectivity index (χ2v) is 9.48. The lowest BCUT2D eigenvalue weighted by Crippen LogP contribution is -2.39. The van der Waals surface area contributed by atoms with Gasteiger partial charge in [0, 0.05) is 36.0 Å². The molecule has 4 heterocycles. The van der Waals surface area contributed by atoms with E-state index >= 15 is 0 Å². The number of nitrogens with two attached hydrogens (primary N) is 1. The average molecular weight is 465 g/mol. The van der Waals surface area contributed by atoms with Crippen molar-refractivity contribution in [1.82, 2.24) is 15.0 Å². The Morgan fingerprint density at radius 1 is 1.27 bits per heavy atom. The summed E-state index contributed by atoms with van der Waals surface area (Å²) in [5.74, 6) is 0.922. The molecule has 0 saturated carbocycles. The normalized spacial score (nSPS) is 15.8. The number of carbonyl (C=O) groups is 1. The van der Waals surface area contributed by atoms with Crippen LogP contribution in [0.1, 0.15) is 36.9 Å². The van der Waals surface area contributed by atoms with Gasteiger partial charge in [0.25, 0.3) is 0 Å². The highest BCUT2D eigenvalue weighted by atomic mass is 32.1. The molecular formula is C24H25FN6OS. The van der Waals surface area contributed by atoms with Gasteiger partial charge in [-0.3, -0.25) is 4.79 Å². The summed E-state index contributed by atoms with van der Waals surface area (Å²) in [5.41, 5.74) is 7.71. The summed E-state index contributed by atoms with van der Waals surface area (Å²) in [6.07, 6.45) is 2.92. The van der Waals surface area contributed by atoms with Crippen molar-refractivity contribution in [2.45, 2.75) is 32.7 Å². The van der Waals surface area contributed by atoms with E-state index < -0.39 is 0 Å². The van der Waals surface area contributed by atoms with Gasteiger partial charge in [0.2, 0.25) is 5.91 Å². The maximum Gasteiger partial charge on any atom is 0.220 e. The Labute approximate surface area is 194 Å². The SMILES string of the molecule is Cc1cc2cc([C@H](C)Nc3ncnc4sccc34)c(N3CCC(C(N)=O)CC3)nc2cc1F. The number of carbonyl (C=O) groups excluding carboxylic acids is 1. The molecule has 33 heavy (non-hydrogen) atoms. The van der Waals surface area contributed by atoms with E-state index in [2.05, 4.69) is 33.2 Å². The number of hydrogen-bond donors (Lipinski definition) is 2. The minimum atomic E-state index is -0.270. The molecule has 0 spiro atoms. The molecule has 170 valence electrons. The van der Waals surface area contributed by atoms with Crippen LogP contribution in [0.15, 0.2) is 36.0 Å². The Hall–Kier alpha value is -3.33. The fourth-order valence-electron chi connectivity index (χ4n) is 4.45. The summed E-state index contributed by atoms with van der Waals surface area (Å²) in [6, 6.07) is 7.29. The lowest BCUT2D eigenvalue weighted by Gasteiger charge is -2.34. The number of rotatable bonds is 5. The number of fused-ring (bicyclic) bond motifs is 2. The van der Waals surface area contributed by atoms with E-state index in [9.17, 15) is 9.18 Å². The number of aryl methyl sites for hydroxylation is 1. The van der Waals surface area contributed by atoms with Crippen molar-refractivity contribution in [1.29, 1.82) is 0 Å². The molecule has 1 fully saturated rings. The number of nitrogens with one attached hydrogen (secondary N) is 1. The average Bonchev–Trinajstić information content (AvgIpc) is 3.29. The fraction of sp³-hybridized carbons (Fsp3) is 0.333. The Balaban J connectivity index is 1.55. The monoisotopic (exact) mass is 464 g/mol. The van der Waals surface area contributed by atoms with Crippen molar-refractivity contribution in [3.8, 4) is 0 Å². The molecule has 1 saturated heterocycles. The number of primary amides is 1. The van der Waals surface area contributed by atoms with Crippen molar-refractivity contribution < 1.29 is 9.18 Å². The fourth-order valence-corrected chi connectivity index (χ4v) is 5.18. The van der Waals surface area contributed by atoms with E-state index in [-0.39, 0.29) is 23.7 Å². The predicted molar refractivity (Wildman–Crippen MR) is 130 cm³/mol. The number of anilines is 2. The smallest absolute Gasteiger partial charge is 0.220 e. The van der Waals surface area contributed by atoms with E-state index in [4.69, 9.17) is 10.7 Å². The highest BCUT2D eigenvalue weighted by Gasteiger charge is 2.27. The number of piperidine rings is 1. The van der Waals surface area contributed by atoms with Gasteiger partial charge in [0.05, 0.1) is 16.9 Å². The molecule has 1 atom stereocenters. The van der Waals surface area contributed by atoms with Gasteiger partial charge >= 0.3 is 0 Å². The number of pyridine rings is 1. The first-order chi connectivity index (χ1) is 15.9. The number of aromatic nitrogens is 3. The zero-order chi connectivity index (χ0) is 23.1. The van der Waals surface area contributed by atoms with E-state index in [1.807, 2.05) is 17.5 Å². The van der Waals surface area contributed by atoms with Gasteiger partial charge in [-0.15, -0.1) is 11.3 Å². The molecule has 9 heteroatoms. The molecule has 3 aromatic heterocycles. The van der Waals surface area contributed by atoms with E-state index in [1.54, 1.807) is 24.6 Å². The zero-order valence-electron chi connectivity index (χ0n) is 18.5. The molecule has 1 amide bonds. The van der Waals surface area contributed by atoms with Gasteiger partial charge in [0.1, 0.15) is 28.6 Å². The number of nitrogens with zero attached hydrogens (tertiary/aromatic N) is 4. The summed E-state index contributed by atoms with van der Waals surface area (Å²) < 4.78 is 14.3. The third kappa shape index (κ3) is 4.08. The topological polar surface area (TPSA) is 97.0 Å². The van der Waals surface area contributed by atoms with E-state index in [0.29, 0.717) is 37.0 Å². The van der Waals surface area contributed by atoms with E-state index in [0.717, 1.165) is 32.8 Å². The molecule has 7 nitrogen and oxygen atoms in total. The van der Waals surface area contributed by atoms with Crippen LogP contribution in [0.5, 0.6) is 0 Å². The van der Waals surface area contributed by atoms with Gasteiger partial charge in [0.15, 0.2) is 0 Å². The number of thiophene rings is 1. The summed E-state index contributed by atoms with van der Waals surface area (Å²) in [7, 11) is 0. The van der Waals surface area contributed by atoms with E-state index in [1.165, 1.54) is 6.07 Å². The Morgan fingerprint density at radius 2 is 2.06 bits per heavy atom. The zero-order valence-corrected chi connectivity index (χ0v) is 19.3. The van der Waals surface area contributed by atoms with Crippen LogP contribution in [0.2, 0.25) is 0 Å². The Bertz CT molecular complexity index is 1350. The third-order valence-corrected chi connectivity index (χ3v) is 7.20. The van der Waals surface area contributed by atoms with Crippen LogP contribution in [0, 0.1) is 18.7 Å². The first-order valence-corrected chi connectivity index (χ1v) is 11.9. The summed E-state index contributed by atoms with van der Waals surface area (Å²) in [4.78, 5) is 28.4. The van der Waals surface area contributed by atoms with Crippen LogP contribution >= 0.6 is 11.3 Å². The lowest BCUT2D eigenvalue weighted by molar-refractivity contribution is -0.122. The summed E-state index contributed by atoms with van der Waals surface area (Å²) >= 11 is 1.57. The lowest BCUT2D eigenvalue weighted by atomic mass is 9.95. The highest BCUT2D eigenvalue weighted by Crippen LogP contribution is 2.34. The molecule has 0 radical (unpaired) electrons. The predicted octanol–water partition coefficient (Wildman–Crippen LogP) is 4.56. The Kier molecular flexibility index (Phi) is 5.57. The second kappa shape index (κ2) is 8.55. The first kappa shape index (κ1) is 21.5. The molecular weight excluding hydrogens is 439 g/mol. The van der Waals surface area contributed by atoms with Crippen molar-refractivity contribution in [2.24, 2.45) is 11.7 Å². The quantitative estimate of drug-likeness (QED) is 0.449. The molecule has 4 aromatic rings. The highest BCUT2D eigenvalue weighted by molar-refractivity contribution is 7.16. The molecule has 0 unspecified atom stereocenters. The maximum atomic E-state index is 14.3. The van der Waals surface area contributed by atoms with Crippen molar-refractivity contribution >= 4 is 50.0 Å². The van der Waals surface area contributed by atoms with Crippen LogP contribution in [0.4, 0.5) is 16.0 Å². The maximum absolute atomic E-state index is 14.3. The third-order valence-electron chi connectivity index (χ3n) is 6.38. The standard InChI is InChI=1S/C24H25FN6OS/c1-13-9-16-10-18(14(2)29-22-17-5-8-33-24(17)28-12-27-22)23(30-20(16)11-19(13)25)31-6-3-15(4-7-31)21(26)32/h5,8-12,14-15H,3-4,6-7H2,1-2H3,(H2,26,32)(H,27,28,29)/t14-/m0/s1. The molecule has 0 bridgehead atoms. The largest absolute Gasteiger partial charge is 0.369 e. The Morgan fingerprint density at radius 3 is 2.82 bits per heavy atom. The molecule has 1 aliphatic rings. The number of halogens is 1. The summed E-state index contributed by atoms with van der Waals surface area (Å²) in [5, 5.41) is 7.39. The van der Waals surface area contributed by atoms with Crippen LogP contribution in [-0.4, -0.2) is 33.9 Å². The van der Waals surface area contributed by atoms with Crippen molar-refractivity contribution in [2.75, 3.05) is 23.3 Å². The minimum absolute atomic E-state index is 0.117. The van der Waals surface area contributed by atoms with Crippen LogP contribution in [0.3, 0.4) is 0 Å². The van der Waals surface area contributed by atoms with Crippen LogP contribution < -0.4 is 16.0 Å². The second-order valence-electron chi connectivity index (χ2n) is 8.59. The number of benzene rings is 1. The molecule has 1 aliphatic heterocycles. The van der Waals surface area contributed by atoms with Gasteiger partial charge in [-0.05, 0) is 55.8 Å². The van der Waals surface area contributed by atoms with Crippen LogP contribution in [0.25, 0.3) is 21.1 Å². The number of amides is 1. The molecule has 3 N–H and O–H groups in total. The van der Waals surface area contributed by atoms with Crippen molar-refractivity contribution in [3.63, 3.8) is 0 Å². The number of hydrogen-bond acceptors (Lipinski definition) is 7. The van der Waals surface area contributed by atoms with Crippen molar-refractivity contribution in [3.05, 3.63) is 52.9 Å². The van der Waals surface area contributed by atoms with Crippen LogP contribution in [-0.2, 0) is 4.79 Å². The minimum Gasteiger partial charge on any atom is -0.369 e. The summed E-state index contributed by atoms with van der Waals surface area (Å²) in [6.45, 7) is 5.16. The van der Waals surface area contributed by atoms with Gasteiger partial charge in [-0.1, -0.05) is 0 Å².